The summed E-state index contributed by atoms with van der Waals surface area (Å²) in [5.41, 5.74) is 8.21. The maximum absolute atomic E-state index is 6.28. The lowest BCUT2D eigenvalue weighted by Gasteiger charge is -2.43. The molecule has 0 bridgehead atoms. The van der Waals surface area contributed by atoms with Gasteiger partial charge in [0, 0.05) is 25.2 Å². The molecule has 0 aromatic carbocycles. The van der Waals surface area contributed by atoms with E-state index < -0.39 is 0 Å². The van der Waals surface area contributed by atoms with Gasteiger partial charge in [0.25, 0.3) is 0 Å². The number of rotatable bonds is 3. The summed E-state index contributed by atoms with van der Waals surface area (Å²) in [6.07, 6.45) is 3.62. The third kappa shape index (κ3) is 3.83. The third-order valence-electron chi connectivity index (χ3n) is 4.62. The van der Waals surface area contributed by atoms with Gasteiger partial charge in [-0.05, 0) is 31.1 Å². The summed E-state index contributed by atoms with van der Waals surface area (Å²) in [6, 6.07) is 0. The largest absolute Gasteiger partial charge is 0.325 e. The van der Waals surface area contributed by atoms with Gasteiger partial charge in [0.1, 0.15) is 0 Å². The van der Waals surface area contributed by atoms with E-state index in [0.29, 0.717) is 5.41 Å². The van der Waals surface area contributed by atoms with E-state index in [2.05, 4.69) is 59.4 Å². The van der Waals surface area contributed by atoms with Gasteiger partial charge in [0.2, 0.25) is 0 Å². The third-order valence-corrected chi connectivity index (χ3v) is 4.62. The van der Waals surface area contributed by atoms with Crippen molar-refractivity contribution >= 4 is 0 Å². The summed E-state index contributed by atoms with van der Waals surface area (Å²) in [5, 5.41) is 0. The highest BCUT2D eigenvalue weighted by Crippen LogP contribution is 2.33. The van der Waals surface area contributed by atoms with Gasteiger partial charge in [-0.15, -0.1) is 0 Å². The van der Waals surface area contributed by atoms with Crippen LogP contribution in [0.1, 0.15) is 54.9 Å². The Labute approximate surface area is 114 Å². The molecule has 1 aliphatic rings. The van der Waals surface area contributed by atoms with Crippen molar-refractivity contribution < 1.29 is 0 Å². The molecule has 0 atom stereocenters. The summed E-state index contributed by atoms with van der Waals surface area (Å²) in [6.45, 7) is 19.1. The number of hydrogen-bond acceptors (Lipinski definition) is 2. The standard InChI is InChI=1S/C16H32N2/c1-14(2,3)13-8-10-18(11-9-13)12-15(4,5)16(6,7)17/h8H,9-12,17H2,1-7H3. The molecule has 1 rings (SSSR count). The predicted octanol–water partition coefficient (Wildman–Crippen LogP) is 3.43. The summed E-state index contributed by atoms with van der Waals surface area (Å²) < 4.78 is 0. The lowest BCUT2D eigenvalue weighted by atomic mass is 9.74. The van der Waals surface area contributed by atoms with Crippen molar-refractivity contribution in [2.45, 2.75) is 60.4 Å². The molecule has 0 saturated heterocycles. The molecule has 0 saturated carbocycles. The van der Waals surface area contributed by atoms with Gasteiger partial charge < -0.3 is 5.73 Å². The number of nitrogens with two attached hydrogens (primary N) is 1. The van der Waals surface area contributed by atoms with Crippen LogP contribution in [0.4, 0.5) is 0 Å². The normalized spacial score (nSPS) is 19.9. The highest BCUT2D eigenvalue weighted by Gasteiger charge is 2.35. The Morgan fingerprint density at radius 3 is 2.00 bits per heavy atom. The van der Waals surface area contributed by atoms with E-state index in [9.17, 15) is 0 Å². The van der Waals surface area contributed by atoms with Gasteiger partial charge in [-0.2, -0.15) is 0 Å². The van der Waals surface area contributed by atoms with Gasteiger partial charge in [0.15, 0.2) is 0 Å². The quantitative estimate of drug-likeness (QED) is 0.780. The average Bonchev–Trinajstić information content (AvgIpc) is 2.14. The van der Waals surface area contributed by atoms with Crippen LogP contribution in [0.5, 0.6) is 0 Å². The van der Waals surface area contributed by atoms with Crippen LogP contribution in [0.3, 0.4) is 0 Å². The van der Waals surface area contributed by atoms with Crippen molar-refractivity contribution in [1.82, 2.24) is 4.90 Å². The Morgan fingerprint density at radius 2 is 1.67 bits per heavy atom. The van der Waals surface area contributed by atoms with Crippen LogP contribution >= 0.6 is 0 Å². The molecule has 18 heavy (non-hydrogen) atoms. The zero-order valence-electron chi connectivity index (χ0n) is 13.4. The molecule has 0 aromatic heterocycles. The minimum atomic E-state index is -0.138. The summed E-state index contributed by atoms with van der Waals surface area (Å²) in [5.74, 6) is 0. The second-order valence-corrected chi connectivity index (χ2v) is 8.07. The fourth-order valence-corrected chi connectivity index (χ4v) is 2.30. The fourth-order valence-electron chi connectivity index (χ4n) is 2.30. The maximum atomic E-state index is 6.28. The van der Waals surface area contributed by atoms with Crippen molar-refractivity contribution in [3.8, 4) is 0 Å². The molecule has 1 heterocycles. The molecular weight excluding hydrogens is 220 g/mol. The van der Waals surface area contributed by atoms with Gasteiger partial charge in [0.05, 0.1) is 0 Å². The molecule has 1 aliphatic heterocycles. The van der Waals surface area contributed by atoms with Crippen LogP contribution in [0.15, 0.2) is 11.6 Å². The van der Waals surface area contributed by atoms with E-state index in [-0.39, 0.29) is 11.0 Å². The van der Waals surface area contributed by atoms with E-state index in [0.717, 1.165) is 13.1 Å². The molecule has 2 heteroatoms. The van der Waals surface area contributed by atoms with Gasteiger partial charge >= 0.3 is 0 Å². The first-order valence-corrected chi connectivity index (χ1v) is 7.14. The zero-order valence-corrected chi connectivity index (χ0v) is 13.4. The first kappa shape index (κ1) is 15.7. The molecule has 0 spiro atoms. The SMILES string of the molecule is CC(C)(C)C1=CCN(CC(C)(C)C(C)(C)N)CC1. The monoisotopic (exact) mass is 252 g/mol. The molecule has 2 N–H and O–H groups in total. The zero-order chi connectivity index (χ0) is 14.2. The number of nitrogens with zero attached hydrogens (tertiary/aromatic N) is 1. The van der Waals surface area contributed by atoms with Crippen molar-refractivity contribution in [3.63, 3.8) is 0 Å². The Kier molecular flexibility index (Phi) is 4.34. The smallest absolute Gasteiger partial charge is 0.0166 e. The molecule has 0 unspecified atom stereocenters. The highest BCUT2D eigenvalue weighted by atomic mass is 15.1. The Balaban J connectivity index is 2.63. The highest BCUT2D eigenvalue weighted by molar-refractivity contribution is 5.14. The van der Waals surface area contributed by atoms with E-state index in [1.54, 1.807) is 5.57 Å². The predicted molar refractivity (Wildman–Crippen MR) is 80.6 cm³/mol. The van der Waals surface area contributed by atoms with Crippen molar-refractivity contribution in [2.24, 2.45) is 16.6 Å². The Hall–Kier alpha value is -0.340. The molecule has 2 nitrogen and oxygen atoms in total. The van der Waals surface area contributed by atoms with Crippen LogP contribution in [0.25, 0.3) is 0 Å². The molecular formula is C16H32N2. The molecule has 0 fully saturated rings. The van der Waals surface area contributed by atoms with Gasteiger partial charge in [-0.25, -0.2) is 0 Å². The Morgan fingerprint density at radius 1 is 1.11 bits per heavy atom. The summed E-state index contributed by atoms with van der Waals surface area (Å²) >= 11 is 0. The average molecular weight is 252 g/mol. The molecule has 0 radical (unpaired) electrons. The lowest BCUT2D eigenvalue weighted by Crippen LogP contribution is -2.53. The van der Waals surface area contributed by atoms with Crippen molar-refractivity contribution in [1.29, 1.82) is 0 Å². The van der Waals surface area contributed by atoms with E-state index in [1.807, 2.05) is 0 Å². The minimum absolute atomic E-state index is 0.138. The van der Waals surface area contributed by atoms with Crippen LogP contribution in [-0.4, -0.2) is 30.1 Å². The number of hydrogen-bond donors (Lipinski definition) is 1. The fraction of sp³-hybridized carbons (Fsp3) is 0.875. The lowest BCUT2D eigenvalue weighted by molar-refractivity contribution is 0.117. The first-order chi connectivity index (χ1) is 7.93. The molecule has 106 valence electrons. The molecule has 0 aliphatic carbocycles. The first-order valence-electron chi connectivity index (χ1n) is 7.14. The van der Waals surface area contributed by atoms with Crippen LogP contribution in [0.2, 0.25) is 0 Å². The molecule has 0 amide bonds. The summed E-state index contributed by atoms with van der Waals surface area (Å²) in [4.78, 5) is 2.53. The Bertz CT molecular complexity index is 313. The van der Waals surface area contributed by atoms with Crippen LogP contribution < -0.4 is 5.73 Å². The topological polar surface area (TPSA) is 29.3 Å². The minimum Gasteiger partial charge on any atom is -0.325 e. The van der Waals surface area contributed by atoms with Crippen LogP contribution in [-0.2, 0) is 0 Å². The van der Waals surface area contributed by atoms with E-state index >= 15 is 0 Å². The van der Waals surface area contributed by atoms with Crippen molar-refractivity contribution in [3.05, 3.63) is 11.6 Å². The van der Waals surface area contributed by atoms with Gasteiger partial charge in [-0.3, -0.25) is 4.90 Å². The second kappa shape index (κ2) is 4.97. The maximum Gasteiger partial charge on any atom is 0.0166 e. The summed E-state index contributed by atoms with van der Waals surface area (Å²) in [7, 11) is 0. The van der Waals surface area contributed by atoms with Crippen LogP contribution in [0, 0.1) is 10.8 Å². The van der Waals surface area contributed by atoms with Crippen molar-refractivity contribution in [2.75, 3.05) is 19.6 Å². The van der Waals surface area contributed by atoms with E-state index in [1.165, 1.54) is 13.0 Å². The van der Waals surface area contributed by atoms with Gasteiger partial charge in [-0.1, -0.05) is 46.3 Å². The second-order valence-electron chi connectivity index (χ2n) is 8.07. The molecule has 0 aromatic rings. The van der Waals surface area contributed by atoms with E-state index in [4.69, 9.17) is 5.73 Å².